The van der Waals surface area contributed by atoms with Gasteiger partial charge in [0.05, 0.1) is 17.1 Å². The Balaban J connectivity index is 1.58. The Kier molecular flexibility index (Phi) is 6.42. The number of carbonyl (C=O) groups is 1. The minimum atomic E-state index is -0.00427. The molecule has 0 aliphatic carbocycles. The molecular formula is C21H21ClN2OS. The topological polar surface area (TPSA) is 42.0 Å². The standard InChI is InChI=1S/C21H21ClN2OS/c1-2-15(16-8-4-3-5-9-16)13-23-20(25)12-17-14-26-21(24-17)18-10-6-7-11-19(18)22/h3-11,14-15H,2,12-13H2,1H3,(H,23,25)/t15-/m0/s1. The summed E-state index contributed by atoms with van der Waals surface area (Å²) in [5.41, 5.74) is 2.93. The molecule has 5 heteroatoms. The summed E-state index contributed by atoms with van der Waals surface area (Å²) in [4.78, 5) is 16.9. The third kappa shape index (κ3) is 4.71. The Morgan fingerprint density at radius 3 is 2.62 bits per heavy atom. The number of benzene rings is 2. The molecule has 3 aromatic rings. The zero-order valence-corrected chi connectivity index (χ0v) is 16.2. The van der Waals surface area contributed by atoms with Gasteiger partial charge in [-0.2, -0.15) is 0 Å². The molecule has 0 fully saturated rings. The highest BCUT2D eigenvalue weighted by molar-refractivity contribution is 7.13. The van der Waals surface area contributed by atoms with Gasteiger partial charge in [0.15, 0.2) is 0 Å². The molecule has 0 spiro atoms. The van der Waals surface area contributed by atoms with Crippen LogP contribution in [0.2, 0.25) is 5.02 Å². The number of hydrogen-bond donors (Lipinski definition) is 1. The third-order valence-electron chi connectivity index (χ3n) is 4.31. The fourth-order valence-electron chi connectivity index (χ4n) is 2.83. The second-order valence-corrected chi connectivity index (χ2v) is 7.39. The molecule has 0 aliphatic heterocycles. The SMILES string of the molecule is CC[C@@H](CNC(=O)Cc1csc(-c2ccccc2Cl)n1)c1ccccc1. The van der Waals surface area contributed by atoms with Crippen molar-refractivity contribution in [3.8, 4) is 10.6 Å². The summed E-state index contributed by atoms with van der Waals surface area (Å²) < 4.78 is 0. The first-order valence-electron chi connectivity index (χ1n) is 8.68. The molecular weight excluding hydrogens is 364 g/mol. The van der Waals surface area contributed by atoms with Crippen LogP contribution >= 0.6 is 22.9 Å². The van der Waals surface area contributed by atoms with E-state index in [1.807, 2.05) is 47.8 Å². The quantitative estimate of drug-likeness (QED) is 0.599. The molecule has 1 atom stereocenters. The Morgan fingerprint density at radius 2 is 1.88 bits per heavy atom. The monoisotopic (exact) mass is 384 g/mol. The molecule has 0 aliphatic rings. The first kappa shape index (κ1) is 18.6. The number of aromatic nitrogens is 1. The van der Waals surface area contributed by atoms with Gasteiger partial charge in [0.2, 0.25) is 5.91 Å². The van der Waals surface area contributed by atoms with E-state index in [4.69, 9.17) is 11.6 Å². The Bertz CT molecular complexity index is 863. The van der Waals surface area contributed by atoms with Crippen molar-refractivity contribution in [3.05, 3.63) is 76.3 Å². The zero-order valence-electron chi connectivity index (χ0n) is 14.6. The molecule has 1 amide bonds. The summed E-state index contributed by atoms with van der Waals surface area (Å²) in [5.74, 6) is 0.324. The van der Waals surface area contributed by atoms with Crippen LogP contribution < -0.4 is 5.32 Å². The highest BCUT2D eigenvalue weighted by Crippen LogP contribution is 2.30. The van der Waals surface area contributed by atoms with E-state index in [2.05, 4.69) is 29.4 Å². The van der Waals surface area contributed by atoms with Crippen LogP contribution in [0, 0.1) is 0 Å². The van der Waals surface area contributed by atoms with Gasteiger partial charge in [-0.05, 0) is 18.1 Å². The number of thiazole rings is 1. The van der Waals surface area contributed by atoms with E-state index in [-0.39, 0.29) is 12.3 Å². The van der Waals surface area contributed by atoms with Crippen molar-refractivity contribution in [2.24, 2.45) is 0 Å². The highest BCUT2D eigenvalue weighted by Gasteiger charge is 2.13. The minimum Gasteiger partial charge on any atom is -0.355 e. The molecule has 1 aromatic heterocycles. The highest BCUT2D eigenvalue weighted by atomic mass is 35.5. The van der Waals surface area contributed by atoms with E-state index in [0.29, 0.717) is 17.5 Å². The molecule has 0 saturated heterocycles. The van der Waals surface area contributed by atoms with Gasteiger partial charge >= 0.3 is 0 Å². The lowest BCUT2D eigenvalue weighted by molar-refractivity contribution is -0.120. The summed E-state index contributed by atoms with van der Waals surface area (Å²) in [6.07, 6.45) is 1.27. The van der Waals surface area contributed by atoms with E-state index in [9.17, 15) is 4.79 Å². The van der Waals surface area contributed by atoms with Gasteiger partial charge in [0.25, 0.3) is 0 Å². The number of nitrogens with one attached hydrogen (secondary N) is 1. The lowest BCUT2D eigenvalue weighted by Crippen LogP contribution is -2.29. The normalized spacial score (nSPS) is 11.9. The van der Waals surface area contributed by atoms with Crippen molar-refractivity contribution in [1.82, 2.24) is 10.3 Å². The second kappa shape index (κ2) is 8.97. The number of rotatable bonds is 7. The zero-order chi connectivity index (χ0) is 18.4. The largest absolute Gasteiger partial charge is 0.355 e. The van der Waals surface area contributed by atoms with Gasteiger partial charge in [-0.15, -0.1) is 11.3 Å². The molecule has 0 bridgehead atoms. The average molecular weight is 385 g/mol. The lowest BCUT2D eigenvalue weighted by Gasteiger charge is -2.16. The van der Waals surface area contributed by atoms with Crippen molar-refractivity contribution in [1.29, 1.82) is 0 Å². The molecule has 1 N–H and O–H groups in total. The van der Waals surface area contributed by atoms with Gasteiger partial charge in [-0.3, -0.25) is 4.79 Å². The molecule has 1 heterocycles. The molecule has 0 unspecified atom stereocenters. The summed E-state index contributed by atoms with van der Waals surface area (Å²) >= 11 is 7.73. The van der Waals surface area contributed by atoms with Crippen LogP contribution in [0.4, 0.5) is 0 Å². The van der Waals surface area contributed by atoms with Crippen molar-refractivity contribution in [2.45, 2.75) is 25.7 Å². The third-order valence-corrected chi connectivity index (χ3v) is 5.56. The second-order valence-electron chi connectivity index (χ2n) is 6.12. The predicted molar refractivity (Wildman–Crippen MR) is 109 cm³/mol. The number of nitrogens with zero attached hydrogens (tertiary/aromatic N) is 1. The van der Waals surface area contributed by atoms with Gasteiger partial charge in [-0.25, -0.2) is 4.98 Å². The van der Waals surface area contributed by atoms with E-state index in [0.717, 1.165) is 22.7 Å². The van der Waals surface area contributed by atoms with Gasteiger partial charge in [0, 0.05) is 23.4 Å². The van der Waals surface area contributed by atoms with E-state index in [1.165, 1.54) is 16.9 Å². The molecule has 26 heavy (non-hydrogen) atoms. The molecule has 0 saturated carbocycles. The molecule has 3 nitrogen and oxygen atoms in total. The Morgan fingerprint density at radius 1 is 1.15 bits per heavy atom. The smallest absolute Gasteiger partial charge is 0.226 e. The predicted octanol–water partition coefficient (Wildman–Crippen LogP) is 5.32. The first-order valence-corrected chi connectivity index (χ1v) is 9.94. The number of halogens is 1. The maximum absolute atomic E-state index is 12.3. The van der Waals surface area contributed by atoms with Crippen LogP contribution in [-0.2, 0) is 11.2 Å². The van der Waals surface area contributed by atoms with Crippen LogP contribution in [0.15, 0.2) is 60.0 Å². The first-order chi connectivity index (χ1) is 12.7. The molecule has 2 aromatic carbocycles. The van der Waals surface area contributed by atoms with Crippen molar-refractivity contribution < 1.29 is 4.79 Å². The van der Waals surface area contributed by atoms with Gasteiger partial charge < -0.3 is 5.32 Å². The Labute approximate surface area is 163 Å². The van der Waals surface area contributed by atoms with Crippen molar-refractivity contribution in [3.63, 3.8) is 0 Å². The van der Waals surface area contributed by atoms with E-state index in [1.54, 1.807) is 0 Å². The Hall–Kier alpha value is -2.17. The van der Waals surface area contributed by atoms with Crippen LogP contribution in [0.5, 0.6) is 0 Å². The summed E-state index contributed by atoms with van der Waals surface area (Å²) in [7, 11) is 0. The minimum absolute atomic E-state index is 0.00427. The molecule has 134 valence electrons. The maximum Gasteiger partial charge on any atom is 0.226 e. The average Bonchev–Trinajstić information content (AvgIpc) is 3.11. The lowest BCUT2D eigenvalue weighted by atomic mass is 9.96. The molecule has 0 radical (unpaired) electrons. The maximum atomic E-state index is 12.3. The summed E-state index contributed by atoms with van der Waals surface area (Å²) in [6.45, 7) is 2.78. The number of hydrogen-bond acceptors (Lipinski definition) is 3. The number of carbonyl (C=O) groups excluding carboxylic acids is 1. The summed E-state index contributed by atoms with van der Waals surface area (Å²) in [6, 6.07) is 17.9. The fraction of sp³-hybridized carbons (Fsp3) is 0.238. The summed E-state index contributed by atoms with van der Waals surface area (Å²) in [5, 5.41) is 6.48. The van der Waals surface area contributed by atoms with Crippen molar-refractivity contribution in [2.75, 3.05) is 6.54 Å². The molecule has 3 rings (SSSR count). The van der Waals surface area contributed by atoms with E-state index < -0.39 is 0 Å². The fourth-order valence-corrected chi connectivity index (χ4v) is 3.97. The van der Waals surface area contributed by atoms with Crippen LogP contribution in [-0.4, -0.2) is 17.4 Å². The van der Waals surface area contributed by atoms with Gasteiger partial charge in [-0.1, -0.05) is 67.1 Å². The number of amides is 1. The van der Waals surface area contributed by atoms with Crippen LogP contribution in [0.1, 0.15) is 30.5 Å². The van der Waals surface area contributed by atoms with E-state index >= 15 is 0 Å². The van der Waals surface area contributed by atoms with Crippen LogP contribution in [0.3, 0.4) is 0 Å². The van der Waals surface area contributed by atoms with Gasteiger partial charge in [0.1, 0.15) is 5.01 Å². The van der Waals surface area contributed by atoms with Crippen LogP contribution in [0.25, 0.3) is 10.6 Å². The van der Waals surface area contributed by atoms with Crippen molar-refractivity contribution >= 4 is 28.8 Å².